The highest BCUT2D eigenvalue weighted by atomic mass is 16.5. The predicted octanol–water partition coefficient (Wildman–Crippen LogP) is 6.26. The topological polar surface area (TPSA) is 43.4 Å². The van der Waals surface area contributed by atoms with Gasteiger partial charge in [-0.1, -0.05) is 45.6 Å². The second kappa shape index (κ2) is 8.55. The molecule has 4 aliphatic carbocycles. The Kier molecular flexibility index (Phi) is 6.23. The molecule has 3 nitrogen and oxygen atoms in total. The Morgan fingerprint density at radius 2 is 2.00 bits per heavy atom. The van der Waals surface area contributed by atoms with Crippen LogP contribution in [0.15, 0.2) is 11.6 Å². The smallest absolute Gasteiger partial charge is 0.306 e. The molecule has 0 amide bonds. The molecule has 0 bridgehead atoms. The largest absolute Gasteiger partial charge is 0.462 e. The maximum Gasteiger partial charge on any atom is 0.306 e. The number of hydrogen-bond donors (Lipinski definition) is 0. The quantitative estimate of drug-likeness (QED) is 0.390. The van der Waals surface area contributed by atoms with Crippen LogP contribution in [-0.2, 0) is 14.3 Å². The van der Waals surface area contributed by atoms with E-state index in [0.29, 0.717) is 30.0 Å². The third kappa shape index (κ3) is 3.95. The van der Waals surface area contributed by atoms with Crippen LogP contribution in [0.2, 0.25) is 0 Å². The standard InChI is InChI=1S/C26H40O3/c1-4-5-6-7-8-24(28)29-23-12-11-22-25-17(2)15-18-16-19(27)9-10-20(18)21(25)13-14-26(22,23)3/h16-17,20-23,25H,4-15H2,1-3H3/t17-,20+,21-,22+,23+,25-,26+/m1/s1. The lowest BCUT2D eigenvalue weighted by Gasteiger charge is -2.55. The zero-order valence-electron chi connectivity index (χ0n) is 18.8. The van der Waals surface area contributed by atoms with Gasteiger partial charge in [0.05, 0.1) is 0 Å². The van der Waals surface area contributed by atoms with Gasteiger partial charge in [-0.05, 0) is 80.6 Å². The Labute approximate surface area is 177 Å². The Balaban J connectivity index is 1.43. The predicted molar refractivity (Wildman–Crippen MR) is 115 cm³/mol. The van der Waals surface area contributed by atoms with Crippen LogP contribution in [0.3, 0.4) is 0 Å². The Morgan fingerprint density at radius 3 is 2.79 bits per heavy atom. The molecule has 3 heteroatoms. The molecular weight excluding hydrogens is 360 g/mol. The molecule has 162 valence electrons. The van der Waals surface area contributed by atoms with Crippen LogP contribution in [0.4, 0.5) is 0 Å². The van der Waals surface area contributed by atoms with E-state index in [4.69, 9.17) is 4.74 Å². The summed E-state index contributed by atoms with van der Waals surface area (Å²) in [5.41, 5.74) is 1.60. The van der Waals surface area contributed by atoms with Crippen molar-refractivity contribution in [3.8, 4) is 0 Å². The van der Waals surface area contributed by atoms with Gasteiger partial charge in [0, 0.05) is 18.3 Å². The summed E-state index contributed by atoms with van der Waals surface area (Å²) < 4.78 is 6.10. The third-order valence-electron chi connectivity index (χ3n) is 9.06. The number of carbonyl (C=O) groups is 2. The van der Waals surface area contributed by atoms with Gasteiger partial charge in [-0.2, -0.15) is 0 Å². The summed E-state index contributed by atoms with van der Waals surface area (Å²) >= 11 is 0. The Bertz CT molecular complexity index is 665. The van der Waals surface area contributed by atoms with E-state index < -0.39 is 0 Å². The first-order valence-corrected chi connectivity index (χ1v) is 12.4. The van der Waals surface area contributed by atoms with Crippen molar-refractivity contribution in [2.45, 2.75) is 104 Å². The molecule has 0 aromatic rings. The Hall–Kier alpha value is -1.12. The molecule has 0 heterocycles. The maximum absolute atomic E-state index is 12.5. The number of fused-ring (bicyclic) bond motifs is 5. The molecule has 0 N–H and O–H groups in total. The minimum absolute atomic E-state index is 0.0304. The van der Waals surface area contributed by atoms with Gasteiger partial charge in [0.1, 0.15) is 6.10 Å². The van der Waals surface area contributed by atoms with E-state index in [9.17, 15) is 9.59 Å². The number of esters is 1. The molecule has 0 spiro atoms. The number of allylic oxidation sites excluding steroid dienone is 1. The average molecular weight is 401 g/mol. The van der Waals surface area contributed by atoms with E-state index in [1.54, 1.807) is 0 Å². The minimum atomic E-state index is 0.0304. The van der Waals surface area contributed by atoms with Gasteiger partial charge in [-0.3, -0.25) is 9.59 Å². The lowest BCUT2D eigenvalue weighted by Crippen LogP contribution is -2.50. The summed E-state index contributed by atoms with van der Waals surface area (Å²) in [5, 5.41) is 0. The van der Waals surface area contributed by atoms with Crippen LogP contribution in [0.1, 0.15) is 97.8 Å². The van der Waals surface area contributed by atoms with E-state index in [-0.39, 0.29) is 17.5 Å². The fourth-order valence-corrected chi connectivity index (χ4v) is 7.65. The second-order valence-corrected chi connectivity index (χ2v) is 10.8. The van der Waals surface area contributed by atoms with Crippen molar-refractivity contribution in [1.82, 2.24) is 0 Å². The summed E-state index contributed by atoms with van der Waals surface area (Å²) in [7, 11) is 0. The Morgan fingerprint density at radius 1 is 1.17 bits per heavy atom. The van der Waals surface area contributed by atoms with Gasteiger partial charge in [0.25, 0.3) is 0 Å². The van der Waals surface area contributed by atoms with E-state index in [1.165, 1.54) is 37.7 Å². The van der Waals surface area contributed by atoms with E-state index in [2.05, 4.69) is 20.8 Å². The highest BCUT2D eigenvalue weighted by Crippen LogP contribution is 2.63. The van der Waals surface area contributed by atoms with E-state index in [0.717, 1.165) is 50.4 Å². The molecule has 0 unspecified atom stereocenters. The summed E-state index contributed by atoms with van der Waals surface area (Å²) in [4.78, 5) is 24.4. The lowest BCUT2D eigenvalue weighted by atomic mass is 9.49. The van der Waals surface area contributed by atoms with Gasteiger partial charge in [0.15, 0.2) is 5.78 Å². The second-order valence-electron chi connectivity index (χ2n) is 10.8. The molecule has 7 atom stereocenters. The molecule has 4 rings (SSSR count). The molecule has 0 aromatic heterocycles. The highest BCUT2D eigenvalue weighted by molar-refractivity contribution is 5.91. The summed E-state index contributed by atoms with van der Waals surface area (Å²) in [6.45, 7) is 7.02. The van der Waals surface area contributed by atoms with Gasteiger partial charge in [0.2, 0.25) is 0 Å². The fourth-order valence-electron chi connectivity index (χ4n) is 7.65. The van der Waals surface area contributed by atoms with Crippen molar-refractivity contribution in [1.29, 1.82) is 0 Å². The number of ketones is 1. The summed E-state index contributed by atoms with van der Waals surface area (Å²) in [5.74, 6) is 3.79. The van der Waals surface area contributed by atoms with E-state index in [1.807, 2.05) is 6.08 Å². The number of hydrogen-bond acceptors (Lipinski definition) is 3. The highest BCUT2D eigenvalue weighted by Gasteiger charge is 2.58. The van der Waals surface area contributed by atoms with Gasteiger partial charge in [-0.15, -0.1) is 0 Å². The number of unbranched alkanes of at least 4 members (excludes halogenated alkanes) is 3. The summed E-state index contributed by atoms with van der Waals surface area (Å²) in [6, 6.07) is 0. The number of ether oxygens (including phenoxy) is 1. The molecule has 29 heavy (non-hydrogen) atoms. The van der Waals surface area contributed by atoms with Crippen molar-refractivity contribution in [3.05, 3.63) is 11.6 Å². The summed E-state index contributed by atoms with van der Waals surface area (Å²) in [6.07, 6.45) is 14.8. The normalized spacial score (nSPS) is 41.2. The minimum Gasteiger partial charge on any atom is -0.462 e. The van der Waals surface area contributed by atoms with Gasteiger partial charge in [-0.25, -0.2) is 0 Å². The molecule has 4 aliphatic rings. The zero-order chi connectivity index (χ0) is 20.6. The molecule has 3 saturated carbocycles. The first-order valence-electron chi connectivity index (χ1n) is 12.4. The third-order valence-corrected chi connectivity index (χ3v) is 9.06. The SMILES string of the molecule is CCCCCCC(=O)O[C@H]1CC[C@H]2[C@H]3[C@H](CC[C@]12C)[C@H]1CCC(=O)C=C1C[C@H]3C. The fraction of sp³-hybridized carbons (Fsp3) is 0.846. The van der Waals surface area contributed by atoms with Crippen LogP contribution in [0.5, 0.6) is 0 Å². The molecule has 0 aliphatic heterocycles. The molecule has 0 saturated heterocycles. The molecular formula is C26H40O3. The number of rotatable bonds is 6. The van der Waals surface area contributed by atoms with Crippen molar-refractivity contribution >= 4 is 11.8 Å². The first kappa shape index (κ1) is 21.1. The van der Waals surface area contributed by atoms with Gasteiger partial charge >= 0.3 is 5.97 Å². The lowest BCUT2D eigenvalue weighted by molar-refractivity contribution is -0.159. The molecule has 0 radical (unpaired) electrons. The van der Waals surface area contributed by atoms with Crippen molar-refractivity contribution in [3.63, 3.8) is 0 Å². The maximum atomic E-state index is 12.5. The van der Waals surface area contributed by atoms with Crippen LogP contribution in [0.25, 0.3) is 0 Å². The van der Waals surface area contributed by atoms with Crippen LogP contribution >= 0.6 is 0 Å². The zero-order valence-corrected chi connectivity index (χ0v) is 18.8. The van der Waals surface area contributed by atoms with Crippen LogP contribution < -0.4 is 0 Å². The van der Waals surface area contributed by atoms with Crippen LogP contribution in [-0.4, -0.2) is 17.9 Å². The van der Waals surface area contributed by atoms with E-state index >= 15 is 0 Å². The average Bonchev–Trinajstić information content (AvgIpc) is 3.01. The number of carbonyl (C=O) groups excluding carboxylic acids is 2. The van der Waals surface area contributed by atoms with Gasteiger partial charge < -0.3 is 4.74 Å². The van der Waals surface area contributed by atoms with Crippen molar-refractivity contribution < 1.29 is 14.3 Å². The van der Waals surface area contributed by atoms with Crippen molar-refractivity contribution in [2.75, 3.05) is 0 Å². The molecule has 0 aromatic carbocycles. The first-order chi connectivity index (χ1) is 13.9. The van der Waals surface area contributed by atoms with Crippen molar-refractivity contribution in [2.24, 2.45) is 35.0 Å². The monoisotopic (exact) mass is 400 g/mol. The molecule has 3 fully saturated rings. The van der Waals surface area contributed by atoms with Crippen LogP contribution in [0, 0.1) is 35.0 Å².